The molecule has 122 valence electrons. The number of carbonyl (C=O) groups is 1. The zero-order valence-electron chi connectivity index (χ0n) is 13.3. The van der Waals surface area contributed by atoms with Gasteiger partial charge in [-0.1, -0.05) is 12.8 Å². The molecule has 1 heterocycles. The number of hydrogen-bond acceptors (Lipinski definition) is 7. The van der Waals surface area contributed by atoms with Crippen LogP contribution in [0.15, 0.2) is 0 Å². The van der Waals surface area contributed by atoms with E-state index >= 15 is 0 Å². The highest BCUT2D eigenvalue weighted by atomic mass is 16.5. The van der Waals surface area contributed by atoms with Crippen LogP contribution in [0, 0.1) is 0 Å². The number of rotatable bonds is 7. The molecular formula is C14H23N5O3. The zero-order valence-corrected chi connectivity index (χ0v) is 13.3. The fourth-order valence-corrected chi connectivity index (χ4v) is 2.50. The second kappa shape index (κ2) is 8.00. The van der Waals surface area contributed by atoms with Gasteiger partial charge < -0.3 is 14.8 Å². The van der Waals surface area contributed by atoms with Crippen LogP contribution < -0.4 is 10.2 Å². The Bertz CT molecular complexity index is 505. The lowest BCUT2D eigenvalue weighted by atomic mass is 10.1. The molecular weight excluding hydrogens is 286 g/mol. The van der Waals surface area contributed by atoms with Crippen LogP contribution in [-0.2, 0) is 14.3 Å². The monoisotopic (exact) mass is 309 g/mol. The minimum atomic E-state index is -0.178. The van der Waals surface area contributed by atoms with Crippen LogP contribution in [0.5, 0.6) is 0 Å². The minimum Gasteiger partial charge on any atom is -0.364 e. The summed E-state index contributed by atoms with van der Waals surface area (Å²) in [6, 6.07) is 0. The zero-order chi connectivity index (χ0) is 15.9. The number of nitrogens with one attached hydrogen (secondary N) is 1. The first kappa shape index (κ1) is 16.6. The standard InChI is InChI=1S/C14H23N5O3/c1-10(20)19(9-22-3)14-17-12(11-6-4-5-7-11)16-13(18-14)15-8-21-2/h11H,4-9H2,1-3H3,(H,15,16,17,18). The molecule has 1 aromatic rings. The fraction of sp³-hybridized carbons (Fsp3) is 0.714. The molecule has 1 saturated carbocycles. The molecule has 0 unspecified atom stereocenters. The van der Waals surface area contributed by atoms with E-state index in [9.17, 15) is 4.79 Å². The maximum absolute atomic E-state index is 11.8. The maximum atomic E-state index is 11.8. The molecule has 1 amide bonds. The van der Waals surface area contributed by atoms with Crippen molar-refractivity contribution in [3.63, 3.8) is 0 Å². The SMILES string of the molecule is COCNc1nc(C2CCCC2)nc(N(COC)C(C)=O)n1. The van der Waals surface area contributed by atoms with Crippen molar-refractivity contribution >= 4 is 17.8 Å². The average molecular weight is 309 g/mol. The normalized spacial score (nSPS) is 15.0. The summed E-state index contributed by atoms with van der Waals surface area (Å²) in [4.78, 5) is 26.4. The van der Waals surface area contributed by atoms with Gasteiger partial charge in [-0.15, -0.1) is 0 Å². The van der Waals surface area contributed by atoms with Gasteiger partial charge in [-0.25, -0.2) is 0 Å². The van der Waals surface area contributed by atoms with E-state index in [1.165, 1.54) is 31.8 Å². The molecule has 0 spiro atoms. The minimum absolute atomic E-state index is 0.104. The molecule has 2 rings (SSSR count). The van der Waals surface area contributed by atoms with Crippen molar-refractivity contribution in [2.75, 3.05) is 37.9 Å². The number of hydrogen-bond donors (Lipinski definition) is 1. The van der Waals surface area contributed by atoms with Gasteiger partial charge in [0.15, 0.2) is 0 Å². The molecule has 0 saturated heterocycles. The lowest BCUT2D eigenvalue weighted by Crippen LogP contribution is -2.33. The van der Waals surface area contributed by atoms with E-state index in [4.69, 9.17) is 9.47 Å². The smallest absolute Gasteiger partial charge is 0.239 e. The molecule has 0 aromatic carbocycles. The van der Waals surface area contributed by atoms with Crippen LogP contribution in [0.2, 0.25) is 0 Å². The van der Waals surface area contributed by atoms with Crippen LogP contribution in [-0.4, -0.2) is 48.5 Å². The molecule has 1 N–H and O–H groups in total. The summed E-state index contributed by atoms with van der Waals surface area (Å²) in [6.45, 7) is 1.85. The van der Waals surface area contributed by atoms with Crippen LogP contribution in [0.1, 0.15) is 44.3 Å². The van der Waals surface area contributed by atoms with Crippen LogP contribution in [0.4, 0.5) is 11.9 Å². The van der Waals surface area contributed by atoms with Gasteiger partial charge in [0.1, 0.15) is 19.3 Å². The van der Waals surface area contributed by atoms with Crippen molar-refractivity contribution in [2.24, 2.45) is 0 Å². The molecule has 1 fully saturated rings. The number of nitrogens with zero attached hydrogens (tertiary/aromatic N) is 4. The molecule has 1 aromatic heterocycles. The van der Waals surface area contributed by atoms with E-state index in [2.05, 4.69) is 20.3 Å². The Kier molecular flexibility index (Phi) is 6.02. The highest BCUT2D eigenvalue weighted by molar-refractivity contribution is 5.89. The molecule has 0 radical (unpaired) electrons. The lowest BCUT2D eigenvalue weighted by molar-refractivity contribution is -0.117. The largest absolute Gasteiger partial charge is 0.364 e. The third-order valence-electron chi connectivity index (χ3n) is 3.62. The second-order valence-corrected chi connectivity index (χ2v) is 5.27. The molecule has 1 aliphatic carbocycles. The maximum Gasteiger partial charge on any atom is 0.239 e. The highest BCUT2D eigenvalue weighted by Gasteiger charge is 2.24. The van der Waals surface area contributed by atoms with Gasteiger partial charge in [0.05, 0.1) is 0 Å². The Labute approximate surface area is 130 Å². The van der Waals surface area contributed by atoms with Gasteiger partial charge in [0.2, 0.25) is 17.8 Å². The first-order valence-corrected chi connectivity index (χ1v) is 7.41. The van der Waals surface area contributed by atoms with Crippen molar-refractivity contribution in [2.45, 2.75) is 38.5 Å². The molecule has 8 nitrogen and oxygen atoms in total. The van der Waals surface area contributed by atoms with Crippen molar-refractivity contribution in [3.05, 3.63) is 5.82 Å². The second-order valence-electron chi connectivity index (χ2n) is 5.27. The number of ether oxygens (including phenoxy) is 2. The van der Waals surface area contributed by atoms with Gasteiger partial charge in [-0.05, 0) is 12.8 Å². The summed E-state index contributed by atoms with van der Waals surface area (Å²) >= 11 is 0. The molecule has 8 heteroatoms. The highest BCUT2D eigenvalue weighted by Crippen LogP contribution is 2.33. The third-order valence-corrected chi connectivity index (χ3v) is 3.62. The predicted molar refractivity (Wildman–Crippen MR) is 81.6 cm³/mol. The van der Waals surface area contributed by atoms with E-state index < -0.39 is 0 Å². The lowest BCUT2D eigenvalue weighted by Gasteiger charge is -2.20. The molecule has 1 aliphatic rings. The Morgan fingerprint density at radius 1 is 1.23 bits per heavy atom. The van der Waals surface area contributed by atoms with Gasteiger partial charge in [-0.2, -0.15) is 15.0 Å². The molecule has 0 bridgehead atoms. The Morgan fingerprint density at radius 2 is 1.95 bits per heavy atom. The molecule has 0 aliphatic heterocycles. The van der Waals surface area contributed by atoms with Crippen molar-refractivity contribution in [3.8, 4) is 0 Å². The van der Waals surface area contributed by atoms with Crippen molar-refractivity contribution in [1.82, 2.24) is 15.0 Å². The molecule has 0 atom stereocenters. The molecule has 22 heavy (non-hydrogen) atoms. The van der Waals surface area contributed by atoms with E-state index in [0.29, 0.717) is 17.8 Å². The summed E-state index contributed by atoms with van der Waals surface area (Å²) < 4.78 is 10.1. The number of amides is 1. The van der Waals surface area contributed by atoms with E-state index in [0.717, 1.165) is 18.7 Å². The summed E-state index contributed by atoms with van der Waals surface area (Å²) in [6.07, 6.45) is 4.50. The first-order valence-electron chi connectivity index (χ1n) is 7.41. The number of aromatic nitrogens is 3. The van der Waals surface area contributed by atoms with Gasteiger partial charge >= 0.3 is 0 Å². The Hall–Kier alpha value is -1.80. The van der Waals surface area contributed by atoms with E-state index in [1.807, 2.05) is 0 Å². The van der Waals surface area contributed by atoms with Crippen LogP contribution >= 0.6 is 0 Å². The average Bonchev–Trinajstić information content (AvgIpc) is 3.04. The number of methoxy groups -OCH3 is 2. The van der Waals surface area contributed by atoms with Gasteiger partial charge in [0, 0.05) is 27.1 Å². The van der Waals surface area contributed by atoms with Gasteiger partial charge in [-0.3, -0.25) is 9.69 Å². The van der Waals surface area contributed by atoms with E-state index in [-0.39, 0.29) is 19.4 Å². The van der Waals surface area contributed by atoms with Crippen LogP contribution in [0.25, 0.3) is 0 Å². The Morgan fingerprint density at radius 3 is 2.55 bits per heavy atom. The predicted octanol–water partition coefficient (Wildman–Crippen LogP) is 1.50. The first-order chi connectivity index (χ1) is 10.7. The quantitative estimate of drug-likeness (QED) is 0.763. The summed E-state index contributed by atoms with van der Waals surface area (Å²) in [5, 5.41) is 2.97. The number of anilines is 2. The van der Waals surface area contributed by atoms with Crippen LogP contribution in [0.3, 0.4) is 0 Å². The third kappa shape index (κ3) is 4.11. The van der Waals surface area contributed by atoms with E-state index in [1.54, 1.807) is 7.11 Å². The van der Waals surface area contributed by atoms with Crippen molar-refractivity contribution in [1.29, 1.82) is 0 Å². The Balaban J connectivity index is 2.33. The topological polar surface area (TPSA) is 89.5 Å². The summed E-state index contributed by atoms with van der Waals surface area (Å²) in [5.74, 6) is 1.59. The summed E-state index contributed by atoms with van der Waals surface area (Å²) in [5.41, 5.74) is 0. The van der Waals surface area contributed by atoms with Crippen molar-refractivity contribution < 1.29 is 14.3 Å². The summed E-state index contributed by atoms with van der Waals surface area (Å²) in [7, 11) is 3.11. The fourth-order valence-electron chi connectivity index (χ4n) is 2.50. The number of carbonyl (C=O) groups excluding carboxylic acids is 1. The van der Waals surface area contributed by atoms with Gasteiger partial charge in [0.25, 0.3) is 0 Å².